The van der Waals surface area contributed by atoms with Crippen LogP contribution in [0.5, 0.6) is 5.75 Å². The van der Waals surface area contributed by atoms with Crippen molar-refractivity contribution in [1.82, 2.24) is 9.80 Å². The second kappa shape index (κ2) is 12.2. The van der Waals surface area contributed by atoms with Gasteiger partial charge >= 0.3 is 0 Å². The molecule has 0 aromatic heterocycles. The molecular weight excluding hydrogens is 432 g/mol. The number of ether oxygens (including phenoxy) is 1. The van der Waals surface area contributed by atoms with Crippen LogP contribution in [0, 0.1) is 0 Å². The SMILES string of the molecule is CCCN(CC(=O)Nc1cc(NC(C)=O)ccc1OC)C1CCN(C(=O)c2ccccc2)CC1. The summed E-state index contributed by atoms with van der Waals surface area (Å²) in [5.41, 5.74) is 1.81. The number of nitrogens with one attached hydrogen (secondary N) is 2. The Hall–Kier alpha value is -3.39. The first-order chi connectivity index (χ1) is 16.4. The molecule has 1 heterocycles. The zero-order chi connectivity index (χ0) is 24.5. The lowest BCUT2D eigenvalue weighted by molar-refractivity contribution is -0.118. The van der Waals surface area contributed by atoms with E-state index < -0.39 is 0 Å². The summed E-state index contributed by atoms with van der Waals surface area (Å²) in [5.74, 6) is 0.255. The molecule has 0 aliphatic carbocycles. The minimum absolute atomic E-state index is 0.0602. The molecule has 2 N–H and O–H groups in total. The number of amides is 3. The van der Waals surface area contributed by atoms with E-state index in [1.54, 1.807) is 18.2 Å². The monoisotopic (exact) mass is 466 g/mol. The summed E-state index contributed by atoms with van der Waals surface area (Å²) in [6.45, 7) is 5.93. The van der Waals surface area contributed by atoms with Crippen LogP contribution in [0.1, 0.15) is 43.5 Å². The van der Waals surface area contributed by atoms with Crippen molar-refractivity contribution >= 4 is 29.1 Å². The number of hydrogen-bond donors (Lipinski definition) is 2. The van der Waals surface area contributed by atoms with Crippen LogP contribution in [0.25, 0.3) is 0 Å². The molecule has 2 aromatic rings. The number of benzene rings is 2. The number of carbonyl (C=O) groups is 3. The predicted molar refractivity (Wildman–Crippen MR) is 133 cm³/mol. The highest BCUT2D eigenvalue weighted by Crippen LogP contribution is 2.28. The van der Waals surface area contributed by atoms with Crippen LogP contribution in [0.15, 0.2) is 48.5 Å². The fourth-order valence-electron chi connectivity index (χ4n) is 4.34. The lowest BCUT2D eigenvalue weighted by Gasteiger charge is -2.38. The van der Waals surface area contributed by atoms with E-state index in [4.69, 9.17) is 4.74 Å². The third-order valence-corrected chi connectivity index (χ3v) is 5.94. The Balaban J connectivity index is 1.60. The molecule has 1 aliphatic rings. The van der Waals surface area contributed by atoms with Gasteiger partial charge in [-0.15, -0.1) is 0 Å². The molecule has 1 fully saturated rings. The molecular formula is C26H34N4O4. The smallest absolute Gasteiger partial charge is 0.253 e. The van der Waals surface area contributed by atoms with E-state index in [9.17, 15) is 14.4 Å². The van der Waals surface area contributed by atoms with E-state index >= 15 is 0 Å². The molecule has 2 aromatic carbocycles. The number of likely N-dealkylation sites (tertiary alicyclic amines) is 1. The fourth-order valence-corrected chi connectivity index (χ4v) is 4.34. The van der Waals surface area contributed by atoms with Gasteiger partial charge < -0.3 is 20.3 Å². The molecule has 0 spiro atoms. The van der Waals surface area contributed by atoms with Crippen LogP contribution >= 0.6 is 0 Å². The van der Waals surface area contributed by atoms with Crippen molar-refractivity contribution in [3.63, 3.8) is 0 Å². The predicted octanol–water partition coefficient (Wildman–Crippen LogP) is 3.61. The second-order valence-corrected chi connectivity index (χ2v) is 8.50. The van der Waals surface area contributed by atoms with Gasteiger partial charge in [-0.25, -0.2) is 0 Å². The Bertz CT molecular complexity index is 988. The van der Waals surface area contributed by atoms with Crippen LogP contribution in [0.4, 0.5) is 11.4 Å². The first kappa shape index (κ1) is 25.2. The van der Waals surface area contributed by atoms with E-state index in [1.807, 2.05) is 35.2 Å². The highest BCUT2D eigenvalue weighted by atomic mass is 16.5. The highest BCUT2D eigenvalue weighted by molar-refractivity contribution is 5.96. The summed E-state index contributed by atoms with van der Waals surface area (Å²) in [6.07, 6.45) is 2.58. The van der Waals surface area contributed by atoms with E-state index in [0.29, 0.717) is 35.8 Å². The second-order valence-electron chi connectivity index (χ2n) is 8.50. The minimum Gasteiger partial charge on any atom is -0.495 e. The Morgan fingerprint density at radius 1 is 1.06 bits per heavy atom. The van der Waals surface area contributed by atoms with Gasteiger partial charge in [-0.1, -0.05) is 25.1 Å². The number of piperidine rings is 1. The van der Waals surface area contributed by atoms with Gasteiger partial charge in [-0.2, -0.15) is 0 Å². The van der Waals surface area contributed by atoms with Gasteiger partial charge in [0.1, 0.15) is 5.75 Å². The van der Waals surface area contributed by atoms with Crippen LogP contribution in [0.3, 0.4) is 0 Å². The van der Waals surface area contributed by atoms with Crippen molar-refractivity contribution in [1.29, 1.82) is 0 Å². The van der Waals surface area contributed by atoms with Gasteiger partial charge in [-0.3, -0.25) is 19.3 Å². The summed E-state index contributed by atoms with van der Waals surface area (Å²) in [6, 6.07) is 14.7. The zero-order valence-electron chi connectivity index (χ0n) is 20.2. The molecule has 3 amide bonds. The van der Waals surface area contributed by atoms with Crippen LogP contribution in [0.2, 0.25) is 0 Å². The molecule has 0 saturated carbocycles. The van der Waals surface area contributed by atoms with Crippen molar-refractivity contribution in [2.24, 2.45) is 0 Å². The van der Waals surface area contributed by atoms with Crippen molar-refractivity contribution in [3.8, 4) is 5.75 Å². The standard InChI is InChI=1S/C26H34N4O4/c1-4-14-30(22-12-15-29(16-13-22)26(33)20-8-6-5-7-9-20)18-25(32)28-23-17-21(27-19(2)31)10-11-24(23)34-3/h5-11,17,22H,4,12-16,18H2,1-3H3,(H,27,31)(H,28,32). The minimum atomic E-state index is -0.186. The van der Waals surface area contributed by atoms with Gasteiger partial charge in [0.2, 0.25) is 11.8 Å². The van der Waals surface area contributed by atoms with Gasteiger partial charge in [0.25, 0.3) is 5.91 Å². The van der Waals surface area contributed by atoms with Gasteiger partial charge in [0.15, 0.2) is 0 Å². The average Bonchev–Trinajstić information content (AvgIpc) is 2.84. The molecule has 1 saturated heterocycles. The third kappa shape index (κ3) is 6.81. The summed E-state index contributed by atoms with van der Waals surface area (Å²) >= 11 is 0. The molecule has 182 valence electrons. The Labute approximate surface area is 201 Å². The maximum Gasteiger partial charge on any atom is 0.253 e. The van der Waals surface area contributed by atoms with Crippen LogP contribution < -0.4 is 15.4 Å². The molecule has 3 rings (SSSR count). The van der Waals surface area contributed by atoms with E-state index in [1.165, 1.54) is 14.0 Å². The first-order valence-corrected chi connectivity index (χ1v) is 11.7. The first-order valence-electron chi connectivity index (χ1n) is 11.7. The van der Waals surface area contributed by atoms with Gasteiger partial charge in [-0.05, 0) is 56.1 Å². The quantitative estimate of drug-likeness (QED) is 0.589. The largest absolute Gasteiger partial charge is 0.495 e. The molecule has 1 aliphatic heterocycles. The molecule has 34 heavy (non-hydrogen) atoms. The van der Waals surface area contributed by atoms with Crippen molar-refractivity contribution in [3.05, 3.63) is 54.1 Å². The lowest BCUT2D eigenvalue weighted by atomic mass is 10.0. The Kier molecular flexibility index (Phi) is 9.04. The molecule has 0 unspecified atom stereocenters. The van der Waals surface area contributed by atoms with Crippen molar-refractivity contribution in [2.75, 3.05) is 43.9 Å². The maximum atomic E-state index is 12.9. The summed E-state index contributed by atoms with van der Waals surface area (Å²) in [7, 11) is 1.54. The van der Waals surface area contributed by atoms with Gasteiger partial charge in [0.05, 0.1) is 19.3 Å². The van der Waals surface area contributed by atoms with E-state index in [0.717, 1.165) is 25.8 Å². The number of methoxy groups -OCH3 is 1. The summed E-state index contributed by atoms with van der Waals surface area (Å²) < 4.78 is 5.37. The Morgan fingerprint density at radius 2 is 1.76 bits per heavy atom. The molecule has 8 heteroatoms. The zero-order valence-corrected chi connectivity index (χ0v) is 20.2. The topological polar surface area (TPSA) is 91.0 Å². The number of carbonyl (C=O) groups excluding carboxylic acids is 3. The highest BCUT2D eigenvalue weighted by Gasteiger charge is 2.28. The summed E-state index contributed by atoms with van der Waals surface area (Å²) in [4.78, 5) is 41.2. The fraction of sp³-hybridized carbons (Fsp3) is 0.423. The third-order valence-electron chi connectivity index (χ3n) is 5.94. The van der Waals surface area contributed by atoms with Crippen LogP contribution in [-0.4, -0.2) is 66.9 Å². The van der Waals surface area contributed by atoms with Crippen LogP contribution in [-0.2, 0) is 9.59 Å². The number of nitrogens with zero attached hydrogens (tertiary/aromatic N) is 2. The van der Waals surface area contributed by atoms with E-state index in [2.05, 4.69) is 22.5 Å². The molecule has 0 radical (unpaired) electrons. The van der Waals surface area contributed by atoms with Gasteiger partial charge in [0, 0.05) is 37.3 Å². The maximum absolute atomic E-state index is 12.9. The lowest BCUT2D eigenvalue weighted by Crippen LogP contribution is -2.49. The number of anilines is 2. The summed E-state index contributed by atoms with van der Waals surface area (Å²) in [5, 5.41) is 5.65. The Morgan fingerprint density at radius 3 is 2.38 bits per heavy atom. The van der Waals surface area contributed by atoms with Crippen molar-refractivity contribution < 1.29 is 19.1 Å². The van der Waals surface area contributed by atoms with E-state index in [-0.39, 0.29) is 30.3 Å². The molecule has 0 bridgehead atoms. The number of rotatable bonds is 9. The molecule has 8 nitrogen and oxygen atoms in total. The normalized spacial score (nSPS) is 14.1. The molecule has 0 atom stereocenters. The average molecular weight is 467 g/mol. The van der Waals surface area contributed by atoms with Crippen molar-refractivity contribution in [2.45, 2.75) is 39.2 Å². The number of hydrogen-bond acceptors (Lipinski definition) is 5.